The summed E-state index contributed by atoms with van der Waals surface area (Å²) < 4.78 is 19.0. The van der Waals surface area contributed by atoms with Crippen LogP contribution in [0, 0.1) is 5.82 Å². The predicted molar refractivity (Wildman–Crippen MR) is 130 cm³/mol. The molecule has 0 spiro atoms. The highest BCUT2D eigenvalue weighted by Gasteiger charge is 2.22. The van der Waals surface area contributed by atoms with Crippen molar-refractivity contribution in [1.82, 2.24) is 15.6 Å². The summed E-state index contributed by atoms with van der Waals surface area (Å²) in [4.78, 5) is 11.2. The van der Waals surface area contributed by atoms with E-state index in [1.807, 2.05) is 18.3 Å². The molecule has 1 aromatic heterocycles. The Bertz CT molecular complexity index is 840. The molecule has 1 aliphatic rings. The van der Waals surface area contributed by atoms with Gasteiger partial charge in [0.2, 0.25) is 0 Å². The summed E-state index contributed by atoms with van der Waals surface area (Å²) in [5.41, 5.74) is 1.82. The number of guanidine groups is 1. The average Bonchev–Trinajstić information content (AvgIpc) is 2.75. The molecule has 1 aromatic carbocycles. The maximum atomic E-state index is 13.6. The van der Waals surface area contributed by atoms with Gasteiger partial charge in [0.1, 0.15) is 11.6 Å². The normalized spacial score (nSPS) is 14.8. The van der Waals surface area contributed by atoms with Crippen molar-refractivity contribution in [3.05, 3.63) is 59.5 Å². The van der Waals surface area contributed by atoms with E-state index in [9.17, 15) is 4.39 Å². The second-order valence-corrected chi connectivity index (χ2v) is 7.76. The largest absolute Gasteiger partial charge is 0.378 e. The van der Waals surface area contributed by atoms with E-state index in [0.717, 1.165) is 43.2 Å². The first-order chi connectivity index (χ1) is 14.0. The highest BCUT2D eigenvalue weighted by Crippen LogP contribution is 2.23. The molecule has 8 heteroatoms. The standard InChI is InChI=1S/C22H30FN5O.HI/c1-22(2,18-7-4-8-19(23)14-18)16-27-21(24-3)26-15-17-6-5-9-25-20(17)28-10-12-29-13-11-28;/h4-9,14H,10-13,15-16H2,1-3H3,(H2,24,26,27);1H. The summed E-state index contributed by atoms with van der Waals surface area (Å²) in [6, 6.07) is 10.8. The quantitative estimate of drug-likeness (QED) is 0.343. The number of rotatable bonds is 6. The molecular weight excluding hydrogens is 496 g/mol. The number of pyridine rings is 1. The molecule has 1 aliphatic heterocycles. The minimum Gasteiger partial charge on any atom is -0.378 e. The number of nitrogens with one attached hydrogen (secondary N) is 2. The molecule has 6 nitrogen and oxygen atoms in total. The Morgan fingerprint density at radius 3 is 2.67 bits per heavy atom. The van der Waals surface area contributed by atoms with Crippen LogP contribution >= 0.6 is 24.0 Å². The predicted octanol–water partition coefficient (Wildman–Crippen LogP) is 3.32. The van der Waals surface area contributed by atoms with Crippen LogP contribution in [-0.4, -0.2) is 50.8 Å². The smallest absolute Gasteiger partial charge is 0.191 e. The van der Waals surface area contributed by atoms with Crippen molar-refractivity contribution in [2.24, 2.45) is 4.99 Å². The number of aromatic nitrogens is 1. The van der Waals surface area contributed by atoms with Gasteiger partial charge in [0.25, 0.3) is 0 Å². The average molecular weight is 527 g/mol. The molecule has 0 amide bonds. The van der Waals surface area contributed by atoms with E-state index < -0.39 is 0 Å². The van der Waals surface area contributed by atoms with E-state index in [2.05, 4.69) is 45.4 Å². The second-order valence-electron chi connectivity index (χ2n) is 7.76. The fourth-order valence-corrected chi connectivity index (χ4v) is 3.34. The van der Waals surface area contributed by atoms with Crippen molar-refractivity contribution in [2.45, 2.75) is 25.8 Å². The number of hydrogen-bond acceptors (Lipinski definition) is 4. The zero-order valence-corrected chi connectivity index (χ0v) is 20.2. The molecule has 2 N–H and O–H groups in total. The van der Waals surface area contributed by atoms with Gasteiger partial charge in [0.05, 0.1) is 13.2 Å². The number of benzene rings is 1. The number of hydrogen-bond donors (Lipinski definition) is 2. The summed E-state index contributed by atoms with van der Waals surface area (Å²) in [5, 5.41) is 6.73. The van der Waals surface area contributed by atoms with Crippen molar-refractivity contribution in [1.29, 1.82) is 0 Å². The summed E-state index contributed by atoms with van der Waals surface area (Å²) >= 11 is 0. The lowest BCUT2D eigenvalue weighted by atomic mass is 9.84. The molecule has 2 heterocycles. The Kier molecular flexibility index (Phi) is 9.29. The fraction of sp³-hybridized carbons (Fsp3) is 0.455. The first-order valence-electron chi connectivity index (χ1n) is 9.97. The number of nitrogens with zero attached hydrogens (tertiary/aromatic N) is 3. The molecule has 30 heavy (non-hydrogen) atoms. The zero-order chi connectivity index (χ0) is 20.7. The van der Waals surface area contributed by atoms with Crippen molar-refractivity contribution in [3.8, 4) is 0 Å². The third kappa shape index (κ3) is 6.53. The Hall–Kier alpha value is -1.94. The van der Waals surface area contributed by atoms with E-state index in [1.54, 1.807) is 19.2 Å². The molecule has 164 valence electrons. The lowest BCUT2D eigenvalue weighted by Gasteiger charge is -2.30. The summed E-state index contributed by atoms with van der Waals surface area (Å²) in [6.45, 7) is 8.54. The zero-order valence-electron chi connectivity index (χ0n) is 17.8. The summed E-state index contributed by atoms with van der Waals surface area (Å²) in [7, 11) is 1.75. The molecular formula is C22H31FIN5O. The molecule has 1 saturated heterocycles. The molecule has 0 aliphatic carbocycles. The molecule has 2 aromatic rings. The van der Waals surface area contributed by atoms with Crippen LogP contribution in [0.25, 0.3) is 0 Å². The fourth-order valence-electron chi connectivity index (χ4n) is 3.34. The van der Waals surface area contributed by atoms with Gasteiger partial charge in [-0.2, -0.15) is 0 Å². The van der Waals surface area contributed by atoms with E-state index >= 15 is 0 Å². The summed E-state index contributed by atoms with van der Waals surface area (Å²) in [5.74, 6) is 1.47. The van der Waals surface area contributed by atoms with Crippen molar-refractivity contribution < 1.29 is 9.13 Å². The van der Waals surface area contributed by atoms with Gasteiger partial charge in [0.15, 0.2) is 5.96 Å². The molecule has 0 radical (unpaired) electrons. The minimum atomic E-state index is -0.243. The van der Waals surface area contributed by atoms with Gasteiger partial charge in [-0.1, -0.05) is 32.0 Å². The van der Waals surface area contributed by atoms with Gasteiger partial charge in [-0.3, -0.25) is 4.99 Å². The highest BCUT2D eigenvalue weighted by atomic mass is 127. The third-order valence-electron chi connectivity index (χ3n) is 5.15. The van der Waals surface area contributed by atoms with Gasteiger partial charge >= 0.3 is 0 Å². The maximum absolute atomic E-state index is 13.6. The first-order valence-corrected chi connectivity index (χ1v) is 9.97. The van der Waals surface area contributed by atoms with E-state index in [-0.39, 0.29) is 35.2 Å². The van der Waals surface area contributed by atoms with E-state index in [4.69, 9.17) is 4.74 Å². The molecule has 3 rings (SSSR count). The van der Waals surface area contributed by atoms with E-state index in [1.165, 1.54) is 6.07 Å². The van der Waals surface area contributed by atoms with Gasteiger partial charge in [-0.25, -0.2) is 9.37 Å². The van der Waals surface area contributed by atoms with Gasteiger partial charge in [-0.05, 0) is 23.8 Å². The SMILES string of the molecule is CN=C(NCc1cccnc1N1CCOCC1)NCC(C)(C)c1cccc(F)c1.I. The number of halogens is 2. The summed E-state index contributed by atoms with van der Waals surface area (Å²) in [6.07, 6.45) is 1.82. The maximum Gasteiger partial charge on any atom is 0.191 e. The molecule has 1 fully saturated rings. The topological polar surface area (TPSA) is 61.8 Å². The van der Waals surface area contributed by atoms with Crippen molar-refractivity contribution in [3.63, 3.8) is 0 Å². The Morgan fingerprint density at radius 1 is 1.20 bits per heavy atom. The van der Waals surface area contributed by atoms with Crippen LogP contribution in [-0.2, 0) is 16.7 Å². The van der Waals surface area contributed by atoms with Crippen molar-refractivity contribution >= 4 is 35.8 Å². The highest BCUT2D eigenvalue weighted by molar-refractivity contribution is 14.0. The van der Waals surface area contributed by atoms with Crippen LogP contribution in [0.2, 0.25) is 0 Å². The van der Waals surface area contributed by atoms with Gasteiger partial charge in [0, 0.05) is 50.4 Å². The van der Waals surface area contributed by atoms with Crippen LogP contribution in [0.15, 0.2) is 47.6 Å². The Labute approximate surface area is 195 Å². The first kappa shape index (κ1) is 24.3. The number of ether oxygens (including phenoxy) is 1. The van der Waals surface area contributed by atoms with E-state index in [0.29, 0.717) is 19.0 Å². The van der Waals surface area contributed by atoms with Crippen LogP contribution in [0.1, 0.15) is 25.0 Å². The molecule has 0 bridgehead atoms. The number of anilines is 1. The second kappa shape index (κ2) is 11.5. The van der Waals surface area contributed by atoms with Crippen LogP contribution in [0.4, 0.5) is 10.2 Å². The van der Waals surface area contributed by atoms with Gasteiger partial charge < -0.3 is 20.3 Å². The Balaban J connectivity index is 0.00000320. The van der Waals surface area contributed by atoms with Crippen LogP contribution in [0.3, 0.4) is 0 Å². The number of aliphatic imine (C=N–C) groups is 1. The minimum absolute atomic E-state index is 0. The molecule has 0 saturated carbocycles. The number of morpholine rings is 1. The lowest BCUT2D eigenvalue weighted by molar-refractivity contribution is 0.122. The van der Waals surface area contributed by atoms with Crippen molar-refractivity contribution in [2.75, 3.05) is 44.8 Å². The Morgan fingerprint density at radius 2 is 1.97 bits per heavy atom. The monoisotopic (exact) mass is 527 g/mol. The van der Waals surface area contributed by atoms with Crippen LogP contribution < -0.4 is 15.5 Å². The van der Waals surface area contributed by atoms with Crippen LogP contribution in [0.5, 0.6) is 0 Å². The molecule has 0 unspecified atom stereocenters. The lowest BCUT2D eigenvalue weighted by Crippen LogP contribution is -2.43. The third-order valence-corrected chi connectivity index (χ3v) is 5.15. The van der Waals surface area contributed by atoms with Gasteiger partial charge in [-0.15, -0.1) is 24.0 Å². The molecule has 0 atom stereocenters.